The van der Waals surface area contributed by atoms with Crippen LogP contribution in [0.3, 0.4) is 0 Å². The summed E-state index contributed by atoms with van der Waals surface area (Å²) >= 11 is 0. The Balaban J connectivity index is 1.55. The van der Waals surface area contributed by atoms with Crippen molar-refractivity contribution in [2.75, 3.05) is 32.2 Å². The number of hydrogen-bond acceptors (Lipinski definition) is 4. The summed E-state index contributed by atoms with van der Waals surface area (Å²) in [7, 11) is 0. The van der Waals surface area contributed by atoms with E-state index in [1.807, 2.05) is 24.3 Å². The van der Waals surface area contributed by atoms with Crippen molar-refractivity contribution in [3.8, 4) is 5.75 Å². The Morgan fingerprint density at radius 2 is 2.06 bits per heavy atom. The molecule has 1 atom stereocenters. The van der Waals surface area contributed by atoms with Gasteiger partial charge in [-0.15, -0.1) is 0 Å². The lowest BCUT2D eigenvalue weighted by Gasteiger charge is -2.10. The van der Waals surface area contributed by atoms with Crippen molar-refractivity contribution in [3.05, 3.63) is 24.3 Å². The summed E-state index contributed by atoms with van der Waals surface area (Å²) in [6.45, 7) is 2.95. The zero-order chi connectivity index (χ0) is 11.9. The van der Waals surface area contributed by atoms with Crippen LogP contribution in [0.1, 0.15) is 12.8 Å². The van der Waals surface area contributed by atoms with Crippen molar-refractivity contribution in [3.63, 3.8) is 0 Å². The molecule has 1 aliphatic heterocycles. The maximum atomic E-state index is 5.63. The van der Waals surface area contributed by atoms with Gasteiger partial charge in [0.2, 0.25) is 0 Å². The molecule has 2 rings (SSSR count). The van der Waals surface area contributed by atoms with Gasteiger partial charge in [-0.3, -0.25) is 0 Å². The molecule has 1 aromatic carbocycles. The van der Waals surface area contributed by atoms with Crippen LogP contribution in [0.25, 0.3) is 0 Å². The molecule has 0 spiro atoms. The average Bonchev–Trinajstić information content (AvgIpc) is 2.84. The van der Waals surface area contributed by atoms with Crippen molar-refractivity contribution < 1.29 is 14.2 Å². The Bertz CT molecular complexity index is 320. The Morgan fingerprint density at radius 1 is 1.24 bits per heavy atom. The average molecular weight is 237 g/mol. The number of ether oxygens (including phenoxy) is 3. The minimum Gasteiger partial charge on any atom is -0.494 e. The highest BCUT2D eigenvalue weighted by Gasteiger charge is 2.15. The first-order chi connectivity index (χ1) is 8.34. The highest BCUT2D eigenvalue weighted by atomic mass is 16.5. The van der Waals surface area contributed by atoms with Gasteiger partial charge in [0, 0.05) is 18.7 Å². The smallest absolute Gasteiger partial charge is 0.119 e. The molecule has 4 heteroatoms. The molecule has 2 N–H and O–H groups in total. The van der Waals surface area contributed by atoms with Gasteiger partial charge in [-0.05, 0) is 30.7 Å². The second-order valence-electron chi connectivity index (χ2n) is 4.13. The van der Waals surface area contributed by atoms with Crippen molar-refractivity contribution in [1.29, 1.82) is 0 Å². The van der Waals surface area contributed by atoms with E-state index in [9.17, 15) is 0 Å². The van der Waals surface area contributed by atoms with Crippen molar-refractivity contribution in [1.82, 2.24) is 0 Å². The molecule has 17 heavy (non-hydrogen) atoms. The minimum atomic E-state index is 0.284. The summed E-state index contributed by atoms with van der Waals surface area (Å²) < 4.78 is 16.4. The van der Waals surface area contributed by atoms with Gasteiger partial charge >= 0.3 is 0 Å². The molecule has 1 aromatic rings. The highest BCUT2D eigenvalue weighted by Crippen LogP contribution is 2.13. The zero-order valence-electron chi connectivity index (χ0n) is 9.93. The van der Waals surface area contributed by atoms with E-state index >= 15 is 0 Å². The molecule has 0 bridgehead atoms. The molecule has 0 aliphatic carbocycles. The molecule has 1 aliphatic rings. The van der Waals surface area contributed by atoms with Crippen LogP contribution in [0.15, 0.2) is 24.3 Å². The van der Waals surface area contributed by atoms with Crippen LogP contribution in [-0.4, -0.2) is 32.5 Å². The third-order valence-electron chi connectivity index (χ3n) is 2.68. The van der Waals surface area contributed by atoms with Crippen LogP contribution >= 0.6 is 0 Å². The molecule has 1 saturated heterocycles. The molecule has 1 unspecified atom stereocenters. The van der Waals surface area contributed by atoms with Crippen molar-refractivity contribution >= 4 is 5.69 Å². The number of benzene rings is 1. The van der Waals surface area contributed by atoms with Gasteiger partial charge in [-0.1, -0.05) is 0 Å². The predicted molar refractivity (Wildman–Crippen MR) is 66.1 cm³/mol. The van der Waals surface area contributed by atoms with Gasteiger partial charge in [0.05, 0.1) is 25.9 Å². The number of anilines is 1. The third kappa shape index (κ3) is 4.24. The van der Waals surface area contributed by atoms with E-state index in [0.717, 1.165) is 44.1 Å². The van der Waals surface area contributed by atoms with E-state index in [1.165, 1.54) is 0 Å². The SMILES string of the molecule is Nc1ccc(OCCCOC2CCOC2)cc1. The van der Waals surface area contributed by atoms with Gasteiger partial charge in [-0.25, -0.2) is 0 Å². The summed E-state index contributed by atoms with van der Waals surface area (Å²) in [4.78, 5) is 0. The molecule has 0 aromatic heterocycles. The molecule has 1 fully saturated rings. The quantitative estimate of drug-likeness (QED) is 0.606. The summed E-state index contributed by atoms with van der Waals surface area (Å²) in [5.74, 6) is 0.850. The Morgan fingerprint density at radius 3 is 2.76 bits per heavy atom. The molecule has 0 saturated carbocycles. The van der Waals surface area contributed by atoms with Crippen LogP contribution in [0, 0.1) is 0 Å². The Kier molecular flexibility index (Phi) is 4.64. The lowest BCUT2D eigenvalue weighted by molar-refractivity contribution is 0.0366. The maximum Gasteiger partial charge on any atom is 0.119 e. The van der Waals surface area contributed by atoms with Crippen LogP contribution in [0.2, 0.25) is 0 Å². The van der Waals surface area contributed by atoms with Crippen LogP contribution in [0.5, 0.6) is 5.75 Å². The standard InChI is InChI=1S/C13H19NO3/c14-11-2-4-12(5-3-11)16-7-1-8-17-13-6-9-15-10-13/h2-5,13H,1,6-10,14H2. The van der Waals surface area contributed by atoms with E-state index in [2.05, 4.69) is 0 Å². The number of rotatable bonds is 6. The van der Waals surface area contributed by atoms with Crippen LogP contribution < -0.4 is 10.5 Å². The van der Waals surface area contributed by atoms with E-state index < -0.39 is 0 Å². The molecule has 1 heterocycles. The third-order valence-corrected chi connectivity index (χ3v) is 2.68. The Labute approximate surface area is 102 Å². The zero-order valence-corrected chi connectivity index (χ0v) is 9.93. The van der Waals surface area contributed by atoms with E-state index in [1.54, 1.807) is 0 Å². The molecule has 4 nitrogen and oxygen atoms in total. The minimum absolute atomic E-state index is 0.284. The monoisotopic (exact) mass is 237 g/mol. The fourth-order valence-corrected chi connectivity index (χ4v) is 1.71. The number of nitrogen functional groups attached to an aromatic ring is 1. The second-order valence-corrected chi connectivity index (χ2v) is 4.13. The topological polar surface area (TPSA) is 53.7 Å². The molecular formula is C13H19NO3. The van der Waals surface area contributed by atoms with E-state index in [0.29, 0.717) is 6.61 Å². The summed E-state index contributed by atoms with van der Waals surface area (Å²) in [5, 5.41) is 0. The largest absolute Gasteiger partial charge is 0.494 e. The fraction of sp³-hybridized carbons (Fsp3) is 0.538. The lowest BCUT2D eigenvalue weighted by Crippen LogP contribution is -2.14. The summed E-state index contributed by atoms with van der Waals surface area (Å²) in [6.07, 6.45) is 2.19. The van der Waals surface area contributed by atoms with Gasteiger partial charge in [-0.2, -0.15) is 0 Å². The number of hydrogen-bond donors (Lipinski definition) is 1. The van der Waals surface area contributed by atoms with Gasteiger partial charge < -0.3 is 19.9 Å². The highest BCUT2D eigenvalue weighted by molar-refractivity contribution is 5.41. The van der Waals surface area contributed by atoms with Gasteiger partial charge in [0.15, 0.2) is 0 Å². The van der Waals surface area contributed by atoms with Crippen molar-refractivity contribution in [2.45, 2.75) is 18.9 Å². The lowest BCUT2D eigenvalue weighted by atomic mass is 10.3. The van der Waals surface area contributed by atoms with Crippen molar-refractivity contribution in [2.24, 2.45) is 0 Å². The molecule has 0 radical (unpaired) electrons. The summed E-state index contributed by atoms with van der Waals surface area (Å²) in [5.41, 5.74) is 6.34. The normalized spacial score (nSPS) is 19.4. The predicted octanol–water partition coefficient (Wildman–Crippen LogP) is 1.84. The van der Waals surface area contributed by atoms with E-state index in [4.69, 9.17) is 19.9 Å². The van der Waals surface area contributed by atoms with Gasteiger partial charge in [0.25, 0.3) is 0 Å². The maximum absolute atomic E-state index is 5.63. The fourth-order valence-electron chi connectivity index (χ4n) is 1.71. The first-order valence-corrected chi connectivity index (χ1v) is 6.02. The van der Waals surface area contributed by atoms with Crippen LogP contribution in [-0.2, 0) is 9.47 Å². The summed E-state index contributed by atoms with van der Waals surface area (Å²) in [6, 6.07) is 7.42. The number of nitrogens with two attached hydrogens (primary N) is 1. The molecule has 0 amide bonds. The first kappa shape index (κ1) is 12.2. The van der Waals surface area contributed by atoms with Gasteiger partial charge in [0.1, 0.15) is 5.75 Å². The Hall–Kier alpha value is -1.26. The van der Waals surface area contributed by atoms with E-state index in [-0.39, 0.29) is 6.10 Å². The van der Waals surface area contributed by atoms with Crippen LogP contribution in [0.4, 0.5) is 5.69 Å². The molecule has 94 valence electrons. The molecular weight excluding hydrogens is 218 g/mol. The first-order valence-electron chi connectivity index (χ1n) is 6.02. The second kappa shape index (κ2) is 6.47.